The van der Waals surface area contributed by atoms with E-state index in [1.54, 1.807) is 17.5 Å². The third-order valence-corrected chi connectivity index (χ3v) is 3.21. The van der Waals surface area contributed by atoms with E-state index in [0.29, 0.717) is 12.2 Å². The maximum absolute atomic E-state index is 11.8. The number of nitrogens with zero attached hydrogens (tertiary/aromatic N) is 1. The number of carbonyl (C=O) groups excluding carboxylic acids is 1. The molecule has 90 valence electrons. The average Bonchev–Trinajstić information content (AvgIpc) is 2.63. The molecule has 0 unspecified atom stereocenters. The van der Waals surface area contributed by atoms with Gasteiger partial charge in [-0.3, -0.25) is 4.79 Å². The van der Waals surface area contributed by atoms with Crippen LogP contribution in [-0.2, 0) is 4.79 Å². The maximum Gasteiger partial charge on any atom is 0.226 e. The summed E-state index contributed by atoms with van der Waals surface area (Å²) < 4.78 is 1.14. The van der Waals surface area contributed by atoms with Crippen molar-refractivity contribution in [2.24, 2.45) is 5.41 Å². The van der Waals surface area contributed by atoms with Crippen LogP contribution in [0.1, 0.15) is 27.2 Å². The fourth-order valence-electron chi connectivity index (χ4n) is 1.65. The van der Waals surface area contributed by atoms with Crippen molar-refractivity contribution in [2.45, 2.75) is 27.2 Å². The SMILES string of the molecule is CC(C)(C)CC(=O)Nc1nccc2sccc12. The summed E-state index contributed by atoms with van der Waals surface area (Å²) in [4.78, 5) is 16.1. The van der Waals surface area contributed by atoms with Gasteiger partial charge in [-0.05, 0) is 22.9 Å². The number of hydrogen-bond donors (Lipinski definition) is 1. The normalized spacial score (nSPS) is 11.7. The minimum absolute atomic E-state index is 0.00732. The van der Waals surface area contributed by atoms with Gasteiger partial charge in [0.05, 0.1) is 0 Å². The molecule has 0 spiro atoms. The van der Waals surface area contributed by atoms with Crippen molar-refractivity contribution >= 4 is 33.1 Å². The molecule has 0 bridgehead atoms. The molecule has 0 aliphatic rings. The number of amides is 1. The minimum atomic E-state index is -0.00732. The Bertz CT molecular complexity index is 540. The van der Waals surface area contributed by atoms with Crippen LogP contribution in [0.2, 0.25) is 0 Å². The lowest BCUT2D eigenvalue weighted by atomic mass is 9.92. The van der Waals surface area contributed by atoms with Crippen LogP contribution in [0.4, 0.5) is 5.82 Å². The van der Waals surface area contributed by atoms with Gasteiger partial charge in [-0.25, -0.2) is 4.98 Å². The number of fused-ring (bicyclic) bond motifs is 1. The topological polar surface area (TPSA) is 42.0 Å². The first-order valence-electron chi connectivity index (χ1n) is 5.58. The van der Waals surface area contributed by atoms with Crippen LogP contribution in [0.15, 0.2) is 23.7 Å². The molecule has 4 heteroatoms. The number of anilines is 1. The zero-order valence-electron chi connectivity index (χ0n) is 10.3. The summed E-state index contributed by atoms with van der Waals surface area (Å²) in [6, 6.07) is 3.94. The Labute approximate surface area is 105 Å². The molecule has 2 aromatic rings. The molecule has 2 heterocycles. The van der Waals surface area contributed by atoms with E-state index in [0.717, 1.165) is 10.1 Å². The number of thiophene rings is 1. The van der Waals surface area contributed by atoms with Crippen LogP contribution in [-0.4, -0.2) is 10.9 Å². The summed E-state index contributed by atoms with van der Waals surface area (Å²) in [7, 11) is 0. The van der Waals surface area contributed by atoms with Crippen molar-refractivity contribution in [1.82, 2.24) is 4.98 Å². The molecule has 2 rings (SSSR count). The highest BCUT2D eigenvalue weighted by molar-refractivity contribution is 7.17. The van der Waals surface area contributed by atoms with Gasteiger partial charge in [0, 0.05) is 22.7 Å². The van der Waals surface area contributed by atoms with E-state index < -0.39 is 0 Å². The molecule has 17 heavy (non-hydrogen) atoms. The Hall–Kier alpha value is -1.42. The summed E-state index contributed by atoms with van der Waals surface area (Å²) in [5, 5.41) is 5.90. The smallest absolute Gasteiger partial charge is 0.226 e. The molecule has 0 saturated carbocycles. The Morgan fingerprint density at radius 3 is 2.88 bits per heavy atom. The molecular formula is C13H16N2OS. The molecule has 0 fully saturated rings. The average molecular weight is 248 g/mol. The molecule has 0 aromatic carbocycles. The standard InChI is InChI=1S/C13H16N2OS/c1-13(2,3)8-11(16)15-12-9-5-7-17-10(9)4-6-14-12/h4-7H,8H2,1-3H3,(H,14,15,16). The molecule has 0 aliphatic heterocycles. The van der Waals surface area contributed by atoms with Gasteiger partial charge in [-0.2, -0.15) is 0 Å². The number of hydrogen-bond acceptors (Lipinski definition) is 3. The fourth-order valence-corrected chi connectivity index (χ4v) is 2.43. The Balaban J connectivity index is 2.18. The predicted octanol–water partition coefficient (Wildman–Crippen LogP) is 3.67. The van der Waals surface area contributed by atoms with Crippen molar-refractivity contribution in [1.29, 1.82) is 0 Å². The number of aromatic nitrogens is 1. The molecular weight excluding hydrogens is 232 g/mol. The lowest BCUT2D eigenvalue weighted by molar-refractivity contribution is -0.117. The highest BCUT2D eigenvalue weighted by Gasteiger charge is 2.17. The van der Waals surface area contributed by atoms with Crippen molar-refractivity contribution in [3.63, 3.8) is 0 Å². The van der Waals surface area contributed by atoms with Crippen LogP contribution in [0.3, 0.4) is 0 Å². The van der Waals surface area contributed by atoms with Gasteiger partial charge in [0.15, 0.2) is 0 Å². The van der Waals surface area contributed by atoms with E-state index in [-0.39, 0.29) is 11.3 Å². The van der Waals surface area contributed by atoms with Crippen LogP contribution >= 0.6 is 11.3 Å². The Kier molecular flexibility index (Phi) is 3.15. The van der Waals surface area contributed by atoms with Crippen LogP contribution in [0.5, 0.6) is 0 Å². The van der Waals surface area contributed by atoms with Crippen LogP contribution in [0.25, 0.3) is 10.1 Å². The van der Waals surface area contributed by atoms with Crippen molar-refractivity contribution < 1.29 is 4.79 Å². The fraction of sp³-hybridized carbons (Fsp3) is 0.385. The lowest BCUT2D eigenvalue weighted by Crippen LogP contribution is -2.20. The molecule has 3 nitrogen and oxygen atoms in total. The van der Waals surface area contributed by atoms with Gasteiger partial charge in [0.25, 0.3) is 0 Å². The Morgan fingerprint density at radius 1 is 1.41 bits per heavy atom. The first-order chi connectivity index (χ1) is 7.96. The summed E-state index contributed by atoms with van der Waals surface area (Å²) >= 11 is 1.65. The summed E-state index contributed by atoms with van der Waals surface area (Å²) in [6.45, 7) is 6.14. The van der Waals surface area contributed by atoms with Crippen molar-refractivity contribution in [2.75, 3.05) is 5.32 Å². The summed E-state index contributed by atoms with van der Waals surface area (Å²) in [6.07, 6.45) is 2.22. The number of carbonyl (C=O) groups is 1. The second-order valence-electron chi connectivity index (χ2n) is 5.28. The molecule has 0 saturated heterocycles. The van der Waals surface area contributed by atoms with E-state index in [9.17, 15) is 4.79 Å². The maximum atomic E-state index is 11.8. The lowest BCUT2D eigenvalue weighted by Gasteiger charge is -2.17. The van der Waals surface area contributed by atoms with E-state index >= 15 is 0 Å². The summed E-state index contributed by atoms with van der Waals surface area (Å²) in [5.41, 5.74) is -0.00732. The molecule has 0 radical (unpaired) electrons. The molecule has 2 aromatic heterocycles. The van der Waals surface area contributed by atoms with E-state index in [4.69, 9.17) is 0 Å². The number of pyridine rings is 1. The highest BCUT2D eigenvalue weighted by Crippen LogP contribution is 2.26. The molecule has 1 N–H and O–H groups in total. The molecule has 0 atom stereocenters. The van der Waals surface area contributed by atoms with Crippen molar-refractivity contribution in [3.05, 3.63) is 23.7 Å². The van der Waals surface area contributed by atoms with Crippen LogP contribution < -0.4 is 5.32 Å². The monoisotopic (exact) mass is 248 g/mol. The van der Waals surface area contributed by atoms with Gasteiger partial charge in [-0.15, -0.1) is 11.3 Å². The third kappa shape index (κ3) is 3.03. The first kappa shape index (κ1) is 12.0. The highest BCUT2D eigenvalue weighted by atomic mass is 32.1. The molecule has 1 amide bonds. The van der Waals surface area contributed by atoms with Crippen LogP contribution in [0, 0.1) is 5.41 Å². The van der Waals surface area contributed by atoms with Gasteiger partial charge in [-0.1, -0.05) is 20.8 Å². The quantitative estimate of drug-likeness (QED) is 0.881. The largest absolute Gasteiger partial charge is 0.310 e. The zero-order chi connectivity index (χ0) is 12.5. The first-order valence-corrected chi connectivity index (χ1v) is 6.46. The van der Waals surface area contributed by atoms with Gasteiger partial charge >= 0.3 is 0 Å². The number of rotatable bonds is 2. The second kappa shape index (κ2) is 4.45. The Morgan fingerprint density at radius 2 is 2.18 bits per heavy atom. The second-order valence-corrected chi connectivity index (χ2v) is 6.23. The van der Waals surface area contributed by atoms with Gasteiger partial charge < -0.3 is 5.32 Å². The molecule has 0 aliphatic carbocycles. The van der Waals surface area contributed by atoms with Gasteiger partial charge in [0.1, 0.15) is 5.82 Å². The van der Waals surface area contributed by atoms with Crippen molar-refractivity contribution in [3.8, 4) is 0 Å². The summed E-state index contributed by atoms with van der Waals surface area (Å²) in [5.74, 6) is 0.682. The predicted molar refractivity (Wildman–Crippen MR) is 72.3 cm³/mol. The van der Waals surface area contributed by atoms with E-state index in [1.165, 1.54) is 0 Å². The zero-order valence-corrected chi connectivity index (χ0v) is 11.1. The number of nitrogens with one attached hydrogen (secondary N) is 1. The van der Waals surface area contributed by atoms with E-state index in [1.807, 2.05) is 38.3 Å². The minimum Gasteiger partial charge on any atom is -0.310 e. The van der Waals surface area contributed by atoms with E-state index in [2.05, 4.69) is 10.3 Å². The third-order valence-electron chi connectivity index (χ3n) is 2.33. The van der Waals surface area contributed by atoms with Gasteiger partial charge in [0.2, 0.25) is 5.91 Å².